The van der Waals surface area contributed by atoms with Crippen LogP contribution in [0.25, 0.3) is 0 Å². The standard InChI is InChI=1S/C19H17FN8O/c20-15-8-6-14(7-9-15)11-17-22-19(25-24-17)23-18(29)16(28-12-21-26-27-28)10-13-4-2-1-3-5-13/h1-9,12,16H,10-11H2,(H2,22,23,24,25,29)/t16-/m1/s1. The summed E-state index contributed by atoms with van der Waals surface area (Å²) in [5.41, 5.74) is 1.84. The predicted octanol–water partition coefficient (Wildman–Crippen LogP) is 1.94. The Kier molecular flexibility index (Phi) is 5.32. The maximum atomic E-state index is 13.0. The first-order chi connectivity index (χ1) is 14.2. The lowest BCUT2D eigenvalue weighted by molar-refractivity contribution is -0.119. The number of nitrogens with zero attached hydrogens (tertiary/aromatic N) is 6. The average molecular weight is 392 g/mol. The molecule has 2 aromatic heterocycles. The zero-order valence-electron chi connectivity index (χ0n) is 15.2. The quantitative estimate of drug-likeness (QED) is 0.497. The van der Waals surface area contributed by atoms with Crippen molar-refractivity contribution in [3.63, 3.8) is 0 Å². The lowest BCUT2D eigenvalue weighted by Gasteiger charge is -2.15. The second kappa shape index (κ2) is 8.38. The number of nitrogens with one attached hydrogen (secondary N) is 2. The molecule has 4 rings (SSSR count). The van der Waals surface area contributed by atoms with Gasteiger partial charge < -0.3 is 0 Å². The third-order valence-corrected chi connectivity index (χ3v) is 4.31. The van der Waals surface area contributed by atoms with E-state index in [4.69, 9.17) is 0 Å². The van der Waals surface area contributed by atoms with Gasteiger partial charge in [0.2, 0.25) is 5.95 Å². The highest BCUT2D eigenvalue weighted by Gasteiger charge is 2.23. The first-order valence-corrected chi connectivity index (χ1v) is 8.90. The van der Waals surface area contributed by atoms with Crippen LogP contribution >= 0.6 is 0 Å². The summed E-state index contributed by atoms with van der Waals surface area (Å²) in [6, 6.07) is 15.0. The van der Waals surface area contributed by atoms with E-state index in [0.29, 0.717) is 18.7 Å². The molecule has 0 aliphatic rings. The van der Waals surface area contributed by atoms with Gasteiger partial charge in [0.05, 0.1) is 0 Å². The lowest BCUT2D eigenvalue weighted by atomic mass is 10.1. The summed E-state index contributed by atoms with van der Waals surface area (Å²) in [6.45, 7) is 0. The maximum absolute atomic E-state index is 13.0. The highest BCUT2D eigenvalue weighted by molar-refractivity contribution is 5.92. The van der Waals surface area contributed by atoms with Crippen molar-refractivity contribution in [1.29, 1.82) is 0 Å². The number of H-pyrrole nitrogens is 1. The third-order valence-electron chi connectivity index (χ3n) is 4.31. The molecular weight excluding hydrogens is 375 g/mol. The van der Waals surface area contributed by atoms with Crippen LogP contribution in [-0.2, 0) is 17.6 Å². The van der Waals surface area contributed by atoms with Crippen molar-refractivity contribution < 1.29 is 9.18 Å². The number of hydrogen-bond acceptors (Lipinski definition) is 6. The van der Waals surface area contributed by atoms with Crippen LogP contribution in [0.2, 0.25) is 0 Å². The summed E-state index contributed by atoms with van der Waals surface area (Å²) < 4.78 is 14.4. The Morgan fingerprint density at radius 2 is 1.90 bits per heavy atom. The van der Waals surface area contributed by atoms with Gasteiger partial charge in [0.25, 0.3) is 5.91 Å². The second-order valence-corrected chi connectivity index (χ2v) is 6.39. The van der Waals surface area contributed by atoms with Gasteiger partial charge in [-0.1, -0.05) is 42.5 Å². The number of aromatic amines is 1. The van der Waals surface area contributed by atoms with Crippen LogP contribution in [0.1, 0.15) is 23.0 Å². The Morgan fingerprint density at radius 3 is 2.62 bits per heavy atom. The van der Waals surface area contributed by atoms with Crippen molar-refractivity contribution >= 4 is 11.9 Å². The van der Waals surface area contributed by atoms with Crippen molar-refractivity contribution in [2.75, 3.05) is 5.32 Å². The van der Waals surface area contributed by atoms with Gasteiger partial charge in [-0.15, -0.1) is 10.2 Å². The number of hydrogen-bond donors (Lipinski definition) is 2. The van der Waals surface area contributed by atoms with E-state index in [1.54, 1.807) is 12.1 Å². The molecule has 0 saturated heterocycles. The van der Waals surface area contributed by atoms with E-state index in [1.807, 2.05) is 30.3 Å². The molecule has 0 saturated carbocycles. The second-order valence-electron chi connectivity index (χ2n) is 6.39. The van der Waals surface area contributed by atoms with Crippen molar-refractivity contribution in [2.45, 2.75) is 18.9 Å². The van der Waals surface area contributed by atoms with E-state index in [1.165, 1.54) is 23.1 Å². The van der Waals surface area contributed by atoms with Crippen molar-refractivity contribution in [3.05, 3.63) is 83.7 Å². The molecule has 0 aliphatic carbocycles. The average Bonchev–Trinajstić information content (AvgIpc) is 3.41. The molecule has 2 N–H and O–H groups in total. The van der Waals surface area contributed by atoms with Crippen LogP contribution in [0.4, 0.5) is 10.3 Å². The normalized spacial score (nSPS) is 11.9. The number of amides is 1. The molecule has 146 valence electrons. The molecule has 2 aromatic carbocycles. The van der Waals surface area contributed by atoms with Gasteiger partial charge >= 0.3 is 0 Å². The van der Waals surface area contributed by atoms with E-state index in [2.05, 4.69) is 36.0 Å². The number of carbonyl (C=O) groups excluding carboxylic acids is 1. The molecule has 0 unspecified atom stereocenters. The molecule has 0 bridgehead atoms. The molecule has 9 nitrogen and oxygen atoms in total. The molecule has 2 heterocycles. The molecule has 0 radical (unpaired) electrons. The molecule has 1 amide bonds. The van der Waals surface area contributed by atoms with E-state index in [0.717, 1.165) is 11.1 Å². The summed E-state index contributed by atoms with van der Waals surface area (Å²) in [5, 5.41) is 20.6. The minimum atomic E-state index is -0.661. The smallest absolute Gasteiger partial charge is 0.252 e. The minimum absolute atomic E-state index is 0.151. The highest BCUT2D eigenvalue weighted by atomic mass is 19.1. The first kappa shape index (κ1) is 18.4. The number of aromatic nitrogens is 7. The molecule has 29 heavy (non-hydrogen) atoms. The fourth-order valence-electron chi connectivity index (χ4n) is 2.87. The number of rotatable bonds is 7. The summed E-state index contributed by atoms with van der Waals surface area (Å²) >= 11 is 0. The van der Waals surface area contributed by atoms with Gasteiger partial charge in [-0.3, -0.25) is 15.2 Å². The van der Waals surface area contributed by atoms with Crippen molar-refractivity contribution in [1.82, 2.24) is 35.4 Å². The van der Waals surface area contributed by atoms with E-state index >= 15 is 0 Å². The van der Waals surface area contributed by atoms with Gasteiger partial charge in [-0.05, 0) is 33.7 Å². The van der Waals surface area contributed by atoms with Gasteiger partial charge in [-0.2, -0.15) is 4.98 Å². The summed E-state index contributed by atoms with van der Waals surface area (Å²) in [7, 11) is 0. The molecule has 0 aliphatic heterocycles. The topological polar surface area (TPSA) is 114 Å². The Bertz CT molecular complexity index is 1060. The highest BCUT2D eigenvalue weighted by Crippen LogP contribution is 2.15. The summed E-state index contributed by atoms with van der Waals surface area (Å²) in [5.74, 6) is 0.0620. The molecule has 1 atom stereocenters. The van der Waals surface area contributed by atoms with Crippen LogP contribution in [0.3, 0.4) is 0 Å². The fraction of sp³-hybridized carbons (Fsp3) is 0.158. The molecule has 10 heteroatoms. The number of benzene rings is 2. The minimum Gasteiger partial charge on any atom is -0.291 e. The van der Waals surface area contributed by atoms with Gasteiger partial charge in [-0.25, -0.2) is 9.07 Å². The Morgan fingerprint density at radius 1 is 1.10 bits per heavy atom. The predicted molar refractivity (Wildman–Crippen MR) is 101 cm³/mol. The van der Waals surface area contributed by atoms with Crippen LogP contribution in [-0.4, -0.2) is 41.3 Å². The van der Waals surface area contributed by atoms with Gasteiger partial charge in [0.15, 0.2) is 0 Å². The molecule has 0 fully saturated rings. The van der Waals surface area contributed by atoms with Crippen molar-refractivity contribution in [3.8, 4) is 0 Å². The number of tetrazole rings is 1. The van der Waals surface area contributed by atoms with Gasteiger partial charge in [0.1, 0.15) is 24.0 Å². The SMILES string of the molecule is O=C(Nc1n[nH]c(Cc2ccc(F)cc2)n1)[C@@H](Cc1ccccc1)n1cnnn1. The summed E-state index contributed by atoms with van der Waals surface area (Å²) in [6.07, 6.45) is 2.24. The zero-order chi connectivity index (χ0) is 20.1. The number of halogens is 1. The fourth-order valence-corrected chi connectivity index (χ4v) is 2.87. The molecular formula is C19H17FN8O. The zero-order valence-corrected chi connectivity index (χ0v) is 15.2. The van der Waals surface area contributed by atoms with Crippen LogP contribution in [0.5, 0.6) is 0 Å². The van der Waals surface area contributed by atoms with E-state index in [9.17, 15) is 9.18 Å². The van der Waals surface area contributed by atoms with Gasteiger partial charge in [0, 0.05) is 12.8 Å². The lowest BCUT2D eigenvalue weighted by Crippen LogP contribution is -2.28. The Hall–Kier alpha value is -3.95. The molecule has 0 spiro atoms. The van der Waals surface area contributed by atoms with Crippen LogP contribution < -0.4 is 5.32 Å². The summed E-state index contributed by atoms with van der Waals surface area (Å²) in [4.78, 5) is 17.1. The van der Waals surface area contributed by atoms with Crippen LogP contribution in [0, 0.1) is 5.82 Å². The third kappa shape index (κ3) is 4.67. The number of anilines is 1. The Labute approximate surface area is 165 Å². The monoisotopic (exact) mass is 392 g/mol. The Balaban J connectivity index is 1.46. The number of carbonyl (C=O) groups is 1. The largest absolute Gasteiger partial charge is 0.291 e. The van der Waals surface area contributed by atoms with E-state index in [-0.39, 0.29) is 17.7 Å². The molecule has 4 aromatic rings. The van der Waals surface area contributed by atoms with E-state index < -0.39 is 6.04 Å². The van der Waals surface area contributed by atoms with Crippen molar-refractivity contribution in [2.24, 2.45) is 0 Å². The maximum Gasteiger partial charge on any atom is 0.252 e. The van der Waals surface area contributed by atoms with Crippen LogP contribution in [0.15, 0.2) is 60.9 Å². The first-order valence-electron chi connectivity index (χ1n) is 8.90.